The Hall–Kier alpha value is -0.0800. The molecule has 1 fully saturated rings. The lowest BCUT2D eigenvalue weighted by Gasteiger charge is -2.33. The van der Waals surface area contributed by atoms with Crippen LogP contribution in [0.1, 0.15) is 58.8 Å². The van der Waals surface area contributed by atoms with Gasteiger partial charge in [-0.25, -0.2) is 0 Å². The third-order valence-electron chi connectivity index (χ3n) is 3.46. The zero-order valence-corrected chi connectivity index (χ0v) is 9.50. The molecule has 1 unspecified atom stereocenters. The highest BCUT2D eigenvalue weighted by Gasteiger charge is 2.29. The quantitative estimate of drug-likeness (QED) is 0.732. The summed E-state index contributed by atoms with van der Waals surface area (Å²) in [5.41, 5.74) is -0.464. The fourth-order valence-corrected chi connectivity index (χ4v) is 2.21. The van der Waals surface area contributed by atoms with E-state index in [1.807, 2.05) is 13.8 Å². The summed E-state index contributed by atoms with van der Waals surface area (Å²) in [7, 11) is 0. The molecule has 14 heavy (non-hydrogen) atoms. The van der Waals surface area contributed by atoms with Gasteiger partial charge in [0.15, 0.2) is 0 Å². The van der Waals surface area contributed by atoms with Gasteiger partial charge in [0, 0.05) is 0 Å². The molecule has 0 radical (unpaired) electrons. The molecule has 0 heterocycles. The first-order chi connectivity index (χ1) is 6.53. The van der Waals surface area contributed by atoms with E-state index in [4.69, 9.17) is 0 Å². The van der Waals surface area contributed by atoms with Crippen molar-refractivity contribution in [2.75, 3.05) is 0 Å². The average molecular weight is 200 g/mol. The molecule has 1 saturated carbocycles. The molecule has 1 rings (SSSR count). The van der Waals surface area contributed by atoms with Crippen molar-refractivity contribution in [2.24, 2.45) is 5.92 Å². The first-order valence-corrected chi connectivity index (χ1v) is 5.94. The molecule has 2 N–H and O–H groups in total. The lowest BCUT2D eigenvalue weighted by molar-refractivity contribution is -0.0196. The Morgan fingerprint density at radius 1 is 1.14 bits per heavy atom. The summed E-state index contributed by atoms with van der Waals surface area (Å²) in [4.78, 5) is 0. The van der Waals surface area contributed by atoms with Gasteiger partial charge in [0.05, 0.1) is 11.7 Å². The second-order valence-corrected chi connectivity index (χ2v) is 5.14. The van der Waals surface area contributed by atoms with E-state index in [-0.39, 0.29) is 6.10 Å². The van der Waals surface area contributed by atoms with Crippen LogP contribution >= 0.6 is 0 Å². The maximum atomic E-state index is 10.2. The van der Waals surface area contributed by atoms with Gasteiger partial charge in [0.25, 0.3) is 0 Å². The molecule has 0 saturated heterocycles. The van der Waals surface area contributed by atoms with Crippen molar-refractivity contribution in [2.45, 2.75) is 70.5 Å². The molecule has 0 aliphatic heterocycles. The van der Waals surface area contributed by atoms with Crippen molar-refractivity contribution in [1.82, 2.24) is 0 Å². The molecule has 1 aliphatic rings. The van der Waals surface area contributed by atoms with Crippen LogP contribution in [0.3, 0.4) is 0 Å². The van der Waals surface area contributed by atoms with Crippen LogP contribution in [0, 0.1) is 5.92 Å². The Balaban J connectivity index is 2.28. The van der Waals surface area contributed by atoms with Crippen LogP contribution in [-0.2, 0) is 0 Å². The predicted molar refractivity (Wildman–Crippen MR) is 58.1 cm³/mol. The molecule has 1 atom stereocenters. The summed E-state index contributed by atoms with van der Waals surface area (Å²) >= 11 is 0. The summed E-state index contributed by atoms with van der Waals surface area (Å²) in [6, 6.07) is 0. The molecule has 0 bridgehead atoms. The van der Waals surface area contributed by atoms with Crippen molar-refractivity contribution in [3.05, 3.63) is 0 Å². The van der Waals surface area contributed by atoms with E-state index < -0.39 is 5.60 Å². The van der Waals surface area contributed by atoms with Crippen LogP contribution in [0.5, 0.6) is 0 Å². The SMILES string of the molecule is CC(C)C(O)CCC1(O)CCCCC1. The number of aliphatic hydroxyl groups is 2. The topological polar surface area (TPSA) is 40.5 Å². The van der Waals surface area contributed by atoms with E-state index in [0.717, 1.165) is 38.5 Å². The average Bonchev–Trinajstić information content (AvgIpc) is 2.15. The van der Waals surface area contributed by atoms with E-state index in [2.05, 4.69) is 0 Å². The molecule has 2 heteroatoms. The highest BCUT2D eigenvalue weighted by Crippen LogP contribution is 2.32. The third kappa shape index (κ3) is 3.58. The van der Waals surface area contributed by atoms with Crippen LogP contribution in [0.2, 0.25) is 0 Å². The first-order valence-electron chi connectivity index (χ1n) is 5.94. The van der Waals surface area contributed by atoms with E-state index in [1.165, 1.54) is 6.42 Å². The van der Waals surface area contributed by atoms with E-state index >= 15 is 0 Å². The van der Waals surface area contributed by atoms with Crippen LogP contribution in [-0.4, -0.2) is 21.9 Å². The minimum Gasteiger partial charge on any atom is -0.393 e. The van der Waals surface area contributed by atoms with Gasteiger partial charge in [-0.05, 0) is 31.6 Å². The second kappa shape index (κ2) is 5.13. The highest BCUT2D eigenvalue weighted by atomic mass is 16.3. The highest BCUT2D eigenvalue weighted by molar-refractivity contribution is 4.83. The minimum atomic E-state index is -0.464. The summed E-state index contributed by atoms with van der Waals surface area (Å²) in [5.74, 6) is 0.308. The molecule has 0 spiro atoms. The maximum absolute atomic E-state index is 10.2. The van der Waals surface area contributed by atoms with Gasteiger partial charge in [-0.15, -0.1) is 0 Å². The fourth-order valence-electron chi connectivity index (χ4n) is 2.21. The summed E-state index contributed by atoms with van der Waals surface area (Å²) in [6.07, 6.45) is 6.68. The standard InChI is InChI=1S/C12H24O2/c1-10(2)11(13)6-9-12(14)7-4-3-5-8-12/h10-11,13-14H,3-9H2,1-2H3. The summed E-state index contributed by atoms with van der Waals surface area (Å²) in [6.45, 7) is 4.05. The molecule has 2 nitrogen and oxygen atoms in total. The van der Waals surface area contributed by atoms with Crippen molar-refractivity contribution in [3.63, 3.8) is 0 Å². The normalized spacial score (nSPS) is 23.8. The van der Waals surface area contributed by atoms with Gasteiger partial charge in [0.1, 0.15) is 0 Å². The van der Waals surface area contributed by atoms with Gasteiger partial charge in [0.2, 0.25) is 0 Å². The van der Waals surface area contributed by atoms with Gasteiger partial charge < -0.3 is 10.2 Å². The smallest absolute Gasteiger partial charge is 0.0648 e. The lowest BCUT2D eigenvalue weighted by atomic mass is 9.80. The molecule has 0 aromatic carbocycles. The van der Waals surface area contributed by atoms with Gasteiger partial charge in [-0.2, -0.15) is 0 Å². The van der Waals surface area contributed by atoms with Crippen molar-refractivity contribution >= 4 is 0 Å². The fraction of sp³-hybridized carbons (Fsp3) is 1.00. The monoisotopic (exact) mass is 200 g/mol. The van der Waals surface area contributed by atoms with Crippen molar-refractivity contribution in [3.8, 4) is 0 Å². The Bertz CT molecular complexity index is 160. The van der Waals surface area contributed by atoms with Gasteiger partial charge in [-0.3, -0.25) is 0 Å². The van der Waals surface area contributed by atoms with Gasteiger partial charge in [-0.1, -0.05) is 33.1 Å². The van der Waals surface area contributed by atoms with Crippen LogP contribution < -0.4 is 0 Å². The summed E-state index contributed by atoms with van der Waals surface area (Å²) in [5, 5.41) is 19.9. The maximum Gasteiger partial charge on any atom is 0.0648 e. The molecule has 0 amide bonds. The molecule has 84 valence electrons. The third-order valence-corrected chi connectivity index (χ3v) is 3.46. The number of hydrogen-bond donors (Lipinski definition) is 2. The predicted octanol–water partition coefficient (Wildman–Crippen LogP) is 2.48. The Labute approximate surface area is 87.3 Å². The van der Waals surface area contributed by atoms with Crippen LogP contribution in [0.15, 0.2) is 0 Å². The molecular formula is C12H24O2. The Morgan fingerprint density at radius 2 is 1.71 bits per heavy atom. The van der Waals surface area contributed by atoms with Gasteiger partial charge >= 0.3 is 0 Å². The molecule has 1 aliphatic carbocycles. The summed E-state index contributed by atoms with van der Waals surface area (Å²) < 4.78 is 0. The first kappa shape index (κ1) is 12.0. The largest absolute Gasteiger partial charge is 0.393 e. The van der Waals surface area contributed by atoms with E-state index in [9.17, 15) is 10.2 Å². The van der Waals surface area contributed by atoms with Crippen molar-refractivity contribution in [1.29, 1.82) is 0 Å². The molecule has 0 aromatic rings. The van der Waals surface area contributed by atoms with Crippen LogP contribution in [0.4, 0.5) is 0 Å². The minimum absolute atomic E-state index is 0.249. The van der Waals surface area contributed by atoms with E-state index in [0.29, 0.717) is 5.92 Å². The lowest BCUT2D eigenvalue weighted by Crippen LogP contribution is -2.33. The number of aliphatic hydroxyl groups excluding tert-OH is 1. The number of rotatable bonds is 4. The Kier molecular flexibility index (Phi) is 4.39. The van der Waals surface area contributed by atoms with E-state index in [1.54, 1.807) is 0 Å². The zero-order chi connectivity index (χ0) is 10.6. The molecular weight excluding hydrogens is 176 g/mol. The second-order valence-electron chi connectivity index (χ2n) is 5.14. The Morgan fingerprint density at radius 3 is 2.21 bits per heavy atom. The van der Waals surface area contributed by atoms with Crippen molar-refractivity contribution < 1.29 is 10.2 Å². The van der Waals surface area contributed by atoms with Crippen LogP contribution in [0.25, 0.3) is 0 Å². The number of hydrogen-bond acceptors (Lipinski definition) is 2. The molecule has 0 aromatic heterocycles. The zero-order valence-electron chi connectivity index (χ0n) is 9.50.